The zero-order chi connectivity index (χ0) is 14.1. The highest BCUT2D eigenvalue weighted by Crippen LogP contribution is 2.35. The summed E-state index contributed by atoms with van der Waals surface area (Å²) in [6.45, 7) is 2.22. The Bertz CT molecular complexity index is 1030. The minimum Gasteiger partial charge on any atom is -0.232 e. The van der Waals surface area contributed by atoms with Gasteiger partial charge in [-0.3, -0.25) is 0 Å². The fourth-order valence-corrected chi connectivity index (χ4v) is 4.08. The molecule has 2 aromatic heterocycles. The maximum atomic E-state index is 2.49. The van der Waals surface area contributed by atoms with Crippen molar-refractivity contribution in [1.82, 2.24) is 4.40 Å². The second-order valence-corrected chi connectivity index (χ2v) is 6.20. The van der Waals surface area contributed by atoms with E-state index in [1.807, 2.05) is 0 Å². The number of imidazole rings is 1. The molecular formula is C19H17N2+. The number of aromatic nitrogens is 2. The Labute approximate surface area is 123 Å². The first-order chi connectivity index (χ1) is 10.3. The van der Waals surface area contributed by atoms with E-state index in [1.54, 1.807) is 0 Å². The van der Waals surface area contributed by atoms with Crippen molar-refractivity contribution < 1.29 is 4.57 Å². The molecule has 2 heteroatoms. The van der Waals surface area contributed by atoms with E-state index in [9.17, 15) is 0 Å². The number of hydrogen-bond donors (Lipinski definition) is 0. The number of hydrogen-bond acceptors (Lipinski definition) is 0. The average Bonchev–Trinajstić information content (AvgIpc) is 2.83. The summed E-state index contributed by atoms with van der Waals surface area (Å²) >= 11 is 0. The highest BCUT2D eigenvalue weighted by molar-refractivity contribution is 6.13. The first-order valence-electron chi connectivity index (χ1n) is 7.58. The van der Waals surface area contributed by atoms with Gasteiger partial charge in [-0.05, 0) is 18.9 Å². The predicted octanol–water partition coefficient (Wildman–Crippen LogP) is 3.48. The molecule has 1 aliphatic heterocycles. The fraction of sp³-hybridized carbons (Fsp3) is 0.211. The summed E-state index contributed by atoms with van der Waals surface area (Å²) in [6.07, 6.45) is 4.58. The van der Waals surface area contributed by atoms with Crippen LogP contribution in [0.25, 0.3) is 27.3 Å². The lowest BCUT2D eigenvalue weighted by molar-refractivity contribution is -0.643. The summed E-state index contributed by atoms with van der Waals surface area (Å²) < 4.78 is 4.79. The van der Waals surface area contributed by atoms with Crippen LogP contribution in [0.15, 0.2) is 42.6 Å². The third-order valence-corrected chi connectivity index (χ3v) is 4.96. The smallest absolute Gasteiger partial charge is 0.232 e. The summed E-state index contributed by atoms with van der Waals surface area (Å²) in [5.41, 5.74) is 7.00. The molecule has 0 unspecified atom stereocenters. The van der Waals surface area contributed by atoms with E-state index in [2.05, 4.69) is 65.5 Å². The van der Waals surface area contributed by atoms with Crippen LogP contribution in [0, 0.1) is 6.92 Å². The lowest BCUT2D eigenvalue weighted by Crippen LogP contribution is -2.26. The largest absolute Gasteiger partial charge is 0.295 e. The lowest BCUT2D eigenvalue weighted by atomic mass is 9.96. The van der Waals surface area contributed by atoms with E-state index in [1.165, 1.54) is 44.1 Å². The number of para-hydroxylation sites is 1. The second-order valence-electron chi connectivity index (χ2n) is 6.20. The SMILES string of the molecule is Cc1cccc2c3cccc4c3n3c(c[n+](C)c3c12)CC4. The van der Waals surface area contributed by atoms with Gasteiger partial charge in [-0.1, -0.05) is 36.4 Å². The molecule has 2 aromatic carbocycles. The molecule has 0 fully saturated rings. The van der Waals surface area contributed by atoms with Crippen LogP contribution in [-0.4, -0.2) is 4.40 Å². The van der Waals surface area contributed by atoms with Crippen molar-refractivity contribution in [3.05, 3.63) is 59.4 Å². The van der Waals surface area contributed by atoms with Gasteiger partial charge < -0.3 is 0 Å². The van der Waals surface area contributed by atoms with Crippen molar-refractivity contribution in [3.63, 3.8) is 0 Å². The van der Waals surface area contributed by atoms with Crippen LogP contribution in [0.1, 0.15) is 16.8 Å². The van der Waals surface area contributed by atoms with Gasteiger partial charge in [-0.25, -0.2) is 4.57 Å². The Kier molecular flexibility index (Phi) is 1.96. The van der Waals surface area contributed by atoms with E-state index in [0.717, 1.165) is 12.8 Å². The van der Waals surface area contributed by atoms with E-state index < -0.39 is 0 Å². The second kappa shape index (κ2) is 3.64. The monoisotopic (exact) mass is 273 g/mol. The summed E-state index contributed by atoms with van der Waals surface area (Å²) in [5.74, 6) is 0. The Hall–Kier alpha value is -2.35. The molecule has 0 atom stereocenters. The Morgan fingerprint density at radius 2 is 1.81 bits per heavy atom. The van der Waals surface area contributed by atoms with Gasteiger partial charge in [0.25, 0.3) is 5.65 Å². The maximum Gasteiger partial charge on any atom is 0.295 e. The summed E-state index contributed by atoms with van der Waals surface area (Å²) in [4.78, 5) is 0. The van der Waals surface area contributed by atoms with Gasteiger partial charge in [0.15, 0.2) is 0 Å². The number of fused-ring (bicyclic) bond motifs is 3. The van der Waals surface area contributed by atoms with Crippen LogP contribution in [0.2, 0.25) is 0 Å². The number of aryl methyl sites for hydroxylation is 4. The summed E-state index contributed by atoms with van der Waals surface area (Å²) in [7, 11) is 2.17. The highest BCUT2D eigenvalue weighted by Gasteiger charge is 2.27. The molecular weight excluding hydrogens is 256 g/mol. The first kappa shape index (κ1) is 11.3. The third kappa shape index (κ3) is 1.26. The zero-order valence-electron chi connectivity index (χ0n) is 12.4. The molecule has 0 spiro atoms. The number of nitrogens with zero attached hydrogens (tertiary/aromatic N) is 2. The van der Waals surface area contributed by atoms with Crippen LogP contribution in [0.3, 0.4) is 0 Å². The van der Waals surface area contributed by atoms with Gasteiger partial charge in [-0.15, -0.1) is 0 Å². The van der Waals surface area contributed by atoms with E-state index in [4.69, 9.17) is 0 Å². The van der Waals surface area contributed by atoms with E-state index in [0.29, 0.717) is 0 Å². The maximum absolute atomic E-state index is 2.49. The van der Waals surface area contributed by atoms with Crippen LogP contribution >= 0.6 is 0 Å². The first-order valence-corrected chi connectivity index (χ1v) is 7.58. The number of rotatable bonds is 0. The lowest BCUT2D eigenvalue weighted by Gasteiger charge is -2.13. The van der Waals surface area contributed by atoms with Gasteiger partial charge in [-0.2, -0.15) is 4.40 Å². The molecule has 0 N–H and O–H groups in total. The topological polar surface area (TPSA) is 8.29 Å². The third-order valence-electron chi connectivity index (χ3n) is 4.96. The van der Waals surface area contributed by atoms with Crippen LogP contribution < -0.4 is 4.57 Å². The van der Waals surface area contributed by atoms with Crippen LogP contribution in [0.4, 0.5) is 0 Å². The van der Waals surface area contributed by atoms with Gasteiger partial charge in [0.2, 0.25) is 0 Å². The number of pyridine rings is 1. The molecule has 0 amide bonds. The highest BCUT2D eigenvalue weighted by atomic mass is 15.1. The molecule has 2 nitrogen and oxygen atoms in total. The van der Waals surface area contributed by atoms with Crippen LogP contribution in [0.5, 0.6) is 0 Å². The summed E-state index contributed by atoms with van der Waals surface area (Å²) in [5, 5.41) is 4.15. The van der Waals surface area contributed by atoms with Crippen molar-refractivity contribution in [2.24, 2.45) is 7.05 Å². The molecule has 0 aliphatic carbocycles. The van der Waals surface area contributed by atoms with Gasteiger partial charge >= 0.3 is 0 Å². The van der Waals surface area contributed by atoms with E-state index in [-0.39, 0.29) is 0 Å². The summed E-state index contributed by atoms with van der Waals surface area (Å²) in [6, 6.07) is 13.4. The minimum atomic E-state index is 1.13. The zero-order valence-corrected chi connectivity index (χ0v) is 12.4. The van der Waals surface area contributed by atoms with Crippen molar-refractivity contribution in [1.29, 1.82) is 0 Å². The van der Waals surface area contributed by atoms with Gasteiger partial charge in [0.1, 0.15) is 17.4 Å². The molecule has 5 rings (SSSR count). The molecule has 21 heavy (non-hydrogen) atoms. The molecule has 0 saturated heterocycles. The van der Waals surface area contributed by atoms with Crippen molar-refractivity contribution in [3.8, 4) is 0 Å². The Morgan fingerprint density at radius 1 is 1.00 bits per heavy atom. The van der Waals surface area contributed by atoms with Crippen molar-refractivity contribution in [2.45, 2.75) is 19.8 Å². The Balaban J connectivity index is 2.28. The van der Waals surface area contributed by atoms with Gasteiger partial charge in [0.05, 0.1) is 12.4 Å². The standard InChI is InChI=1S/C19H17N2/c1-12-5-3-7-15-16-8-4-6-13-9-10-14-11-20(2)19(17(12)15)21(14)18(13)16/h3-8,11H,9-10H2,1-2H3/q+1. The average molecular weight is 273 g/mol. The molecule has 0 radical (unpaired) electrons. The normalized spacial score (nSPS) is 13.8. The molecule has 1 aliphatic rings. The molecule has 102 valence electrons. The van der Waals surface area contributed by atoms with Gasteiger partial charge in [0, 0.05) is 22.8 Å². The van der Waals surface area contributed by atoms with Crippen molar-refractivity contribution in [2.75, 3.05) is 0 Å². The quantitative estimate of drug-likeness (QED) is 0.342. The fourth-order valence-electron chi connectivity index (χ4n) is 4.08. The van der Waals surface area contributed by atoms with Crippen LogP contribution in [-0.2, 0) is 19.9 Å². The molecule has 4 aromatic rings. The molecule has 3 heterocycles. The van der Waals surface area contributed by atoms with Crippen molar-refractivity contribution >= 4 is 27.3 Å². The number of benzene rings is 2. The minimum absolute atomic E-state index is 1.13. The predicted molar refractivity (Wildman–Crippen MR) is 85.7 cm³/mol. The molecule has 0 saturated carbocycles. The van der Waals surface area contributed by atoms with E-state index >= 15 is 0 Å². The molecule has 0 bridgehead atoms. The Morgan fingerprint density at radius 3 is 2.71 bits per heavy atom.